The van der Waals surface area contributed by atoms with Crippen molar-refractivity contribution in [1.82, 2.24) is 0 Å². The van der Waals surface area contributed by atoms with Crippen molar-refractivity contribution in [3.63, 3.8) is 0 Å². The molecule has 0 spiro atoms. The molecule has 2 unspecified atom stereocenters. The van der Waals surface area contributed by atoms with E-state index in [9.17, 15) is 14.3 Å². The standard InChI is InChI=1S/C56H90NO7P/c1-6-8-10-12-14-16-18-20-22-24-25-26-27-28-29-30-31-32-34-36-38-40-42-44-46-48-51-61-53-55(54-63-65(59,60)62-52-50-57(3,4)5)64-56(58)49-47-45-43-41-39-37-35-33-23-21-19-17-15-13-11-9-7-2/h8-11,14-17,20-23,25-26,28-29,31-32,35-38,41,43,55H,6-7,12-13,18-19,24,27,30,33-34,39-40,42,44-54H2,1-5H3/b10-8-,11-9-,16-14-,17-15-,22-20-,23-21-,26-25-,29-28-,32-31-,37-35-,38-36-,43-41-. The fourth-order valence-electron chi connectivity index (χ4n) is 5.68. The van der Waals surface area contributed by atoms with Gasteiger partial charge in [-0.1, -0.05) is 173 Å². The number of hydrogen-bond donors (Lipinski definition) is 0. The van der Waals surface area contributed by atoms with Gasteiger partial charge < -0.3 is 27.9 Å². The van der Waals surface area contributed by atoms with Gasteiger partial charge >= 0.3 is 5.97 Å². The number of phosphoric ester groups is 1. The molecule has 65 heavy (non-hydrogen) atoms. The molecular formula is C56H90NO7P. The van der Waals surface area contributed by atoms with Gasteiger partial charge in [-0.3, -0.25) is 9.36 Å². The molecule has 2 atom stereocenters. The molecule has 0 aliphatic heterocycles. The molecule has 0 radical (unpaired) electrons. The molecular weight excluding hydrogens is 830 g/mol. The van der Waals surface area contributed by atoms with Gasteiger partial charge in [-0.25, -0.2) is 0 Å². The third-order valence-electron chi connectivity index (χ3n) is 9.39. The van der Waals surface area contributed by atoms with Crippen molar-refractivity contribution in [1.29, 1.82) is 0 Å². The Morgan fingerprint density at radius 3 is 1.25 bits per heavy atom. The maximum atomic E-state index is 12.7. The molecule has 0 bridgehead atoms. The van der Waals surface area contributed by atoms with Crippen molar-refractivity contribution in [3.8, 4) is 0 Å². The van der Waals surface area contributed by atoms with Crippen LogP contribution in [0, 0.1) is 0 Å². The van der Waals surface area contributed by atoms with E-state index in [-0.39, 0.29) is 26.2 Å². The van der Waals surface area contributed by atoms with Crippen LogP contribution >= 0.6 is 7.82 Å². The highest BCUT2D eigenvalue weighted by atomic mass is 31.2. The third kappa shape index (κ3) is 51.2. The molecule has 0 aromatic carbocycles. The third-order valence-corrected chi connectivity index (χ3v) is 10.4. The first-order valence-corrected chi connectivity index (χ1v) is 26.0. The summed E-state index contributed by atoms with van der Waals surface area (Å²) in [5.41, 5.74) is 0. The van der Waals surface area contributed by atoms with Gasteiger partial charge in [0.1, 0.15) is 19.3 Å². The zero-order valence-electron chi connectivity index (χ0n) is 41.4. The minimum Gasteiger partial charge on any atom is -0.756 e. The Hall–Kier alpha value is -3.62. The van der Waals surface area contributed by atoms with Gasteiger partial charge in [0.05, 0.1) is 34.4 Å². The second kappa shape index (κ2) is 46.9. The molecule has 0 fully saturated rings. The van der Waals surface area contributed by atoms with Gasteiger partial charge in [0.25, 0.3) is 7.82 Å². The van der Waals surface area contributed by atoms with E-state index in [2.05, 4.69) is 160 Å². The predicted molar refractivity (Wildman–Crippen MR) is 276 cm³/mol. The van der Waals surface area contributed by atoms with E-state index >= 15 is 0 Å². The summed E-state index contributed by atoms with van der Waals surface area (Å²) in [7, 11) is 1.27. The minimum atomic E-state index is -4.57. The zero-order valence-corrected chi connectivity index (χ0v) is 42.3. The number of ether oxygens (including phenoxy) is 2. The van der Waals surface area contributed by atoms with Crippen LogP contribution in [0.5, 0.6) is 0 Å². The molecule has 9 heteroatoms. The van der Waals surface area contributed by atoms with Crippen LogP contribution in [0.15, 0.2) is 146 Å². The predicted octanol–water partition coefficient (Wildman–Crippen LogP) is 14.6. The van der Waals surface area contributed by atoms with E-state index < -0.39 is 19.9 Å². The Morgan fingerprint density at radius 2 is 0.846 bits per heavy atom. The van der Waals surface area contributed by atoms with E-state index in [1.165, 1.54) is 0 Å². The number of phosphoric acid groups is 1. The van der Waals surface area contributed by atoms with Crippen LogP contribution in [-0.2, 0) is 27.9 Å². The van der Waals surface area contributed by atoms with Crippen LogP contribution in [0.3, 0.4) is 0 Å². The summed E-state index contributed by atoms with van der Waals surface area (Å²) in [5.74, 6) is -0.407. The first kappa shape index (κ1) is 61.4. The highest BCUT2D eigenvalue weighted by Gasteiger charge is 2.20. The average Bonchev–Trinajstić information content (AvgIpc) is 3.27. The van der Waals surface area contributed by atoms with Gasteiger partial charge in [0, 0.05) is 13.0 Å². The number of rotatable bonds is 43. The second-order valence-corrected chi connectivity index (χ2v) is 18.1. The molecule has 366 valence electrons. The Morgan fingerprint density at radius 1 is 0.477 bits per heavy atom. The maximum Gasteiger partial charge on any atom is 0.306 e. The van der Waals surface area contributed by atoms with E-state index in [1.807, 2.05) is 21.1 Å². The first-order chi connectivity index (χ1) is 31.6. The summed E-state index contributed by atoms with van der Waals surface area (Å²) in [6.45, 7) is 4.99. The fraction of sp³-hybridized carbons (Fsp3) is 0.554. The van der Waals surface area contributed by atoms with Crippen molar-refractivity contribution in [2.45, 2.75) is 148 Å². The van der Waals surface area contributed by atoms with Crippen LogP contribution in [0.25, 0.3) is 0 Å². The van der Waals surface area contributed by atoms with Crippen LogP contribution < -0.4 is 4.89 Å². The molecule has 0 aromatic heterocycles. The highest BCUT2D eigenvalue weighted by molar-refractivity contribution is 7.45. The van der Waals surface area contributed by atoms with Crippen molar-refractivity contribution in [3.05, 3.63) is 146 Å². The second-order valence-electron chi connectivity index (χ2n) is 16.7. The summed E-state index contributed by atoms with van der Waals surface area (Å²) in [5, 5.41) is 0. The highest BCUT2D eigenvalue weighted by Crippen LogP contribution is 2.38. The average molecular weight is 920 g/mol. The lowest BCUT2D eigenvalue weighted by Crippen LogP contribution is -2.37. The molecule has 0 aliphatic rings. The molecule has 0 saturated heterocycles. The molecule has 0 saturated carbocycles. The van der Waals surface area contributed by atoms with Crippen molar-refractivity contribution in [2.75, 3.05) is 54.1 Å². The van der Waals surface area contributed by atoms with Crippen LogP contribution in [0.4, 0.5) is 0 Å². The number of esters is 1. The number of carbonyl (C=O) groups excluding carboxylic acids is 1. The molecule has 0 amide bonds. The molecule has 0 heterocycles. The largest absolute Gasteiger partial charge is 0.756 e. The molecule has 0 aromatic rings. The van der Waals surface area contributed by atoms with Crippen molar-refractivity contribution < 1.29 is 37.3 Å². The lowest BCUT2D eigenvalue weighted by Gasteiger charge is -2.28. The molecule has 0 rings (SSSR count). The van der Waals surface area contributed by atoms with Gasteiger partial charge in [-0.05, 0) is 109 Å². The molecule has 8 nitrogen and oxygen atoms in total. The maximum absolute atomic E-state index is 12.7. The van der Waals surface area contributed by atoms with E-state index in [0.29, 0.717) is 24.1 Å². The minimum absolute atomic E-state index is 0.000298. The number of likely N-dealkylation sites (N-methyl/N-ethyl adjacent to an activating group) is 1. The first-order valence-electron chi connectivity index (χ1n) is 24.6. The summed E-state index contributed by atoms with van der Waals surface area (Å²) in [6, 6.07) is 0. The summed E-state index contributed by atoms with van der Waals surface area (Å²) in [6.07, 6.45) is 70.3. The quantitative estimate of drug-likeness (QED) is 0.0198. The van der Waals surface area contributed by atoms with Gasteiger partial charge in [0.2, 0.25) is 0 Å². The lowest BCUT2D eigenvalue weighted by atomic mass is 10.1. The topological polar surface area (TPSA) is 94.1 Å². The number of nitrogens with zero attached hydrogens (tertiary/aromatic N) is 1. The summed E-state index contributed by atoms with van der Waals surface area (Å²) in [4.78, 5) is 25.1. The molecule has 0 N–H and O–H groups in total. The van der Waals surface area contributed by atoms with Crippen LogP contribution in [-0.4, -0.2) is 70.7 Å². The summed E-state index contributed by atoms with van der Waals surface area (Å²) >= 11 is 0. The molecule has 0 aliphatic carbocycles. The monoisotopic (exact) mass is 920 g/mol. The van der Waals surface area contributed by atoms with Gasteiger partial charge in [0.15, 0.2) is 0 Å². The lowest BCUT2D eigenvalue weighted by molar-refractivity contribution is -0.870. The van der Waals surface area contributed by atoms with Crippen LogP contribution in [0.1, 0.15) is 142 Å². The Bertz CT molecular complexity index is 1540. The number of quaternary nitrogens is 1. The Balaban J connectivity index is 4.35. The van der Waals surface area contributed by atoms with E-state index in [0.717, 1.165) is 116 Å². The van der Waals surface area contributed by atoms with Gasteiger partial charge in [-0.15, -0.1) is 0 Å². The Kier molecular flexibility index (Phi) is 44.3. The Labute approximate surface area is 397 Å². The van der Waals surface area contributed by atoms with Crippen molar-refractivity contribution >= 4 is 13.8 Å². The van der Waals surface area contributed by atoms with E-state index in [1.54, 1.807) is 0 Å². The normalized spacial score (nSPS) is 14.9. The zero-order chi connectivity index (χ0) is 47.6. The number of unbranched alkanes of at least 4 members (excludes halogenated alkanes) is 5. The van der Waals surface area contributed by atoms with Crippen LogP contribution in [0.2, 0.25) is 0 Å². The SMILES string of the molecule is CC/C=C\C/C=C\C/C=C\C/C=C\C/C=C\C/C=C\C/C=C\CCCCCCOCC(COP(=O)([O-])OCC[N+](C)(C)C)OC(=O)CCC/C=C\C/C=C\C/C=C\C/C=C\C/C=C\CC. The van der Waals surface area contributed by atoms with E-state index in [4.69, 9.17) is 18.5 Å². The summed E-state index contributed by atoms with van der Waals surface area (Å²) < 4.78 is 34.6. The fourth-order valence-corrected chi connectivity index (χ4v) is 6.41. The number of allylic oxidation sites excluding steroid dienone is 24. The van der Waals surface area contributed by atoms with Gasteiger partial charge in [-0.2, -0.15) is 0 Å². The number of carbonyl (C=O) groups is 1. The number of hydrogen-bond acceptors (Lipinski definition) is 7. The van der Waals surface area contributed by atoms with Crippen molar-refractivity contribution in [2.24, 2.45) is 0 Å². The smallest absolute Gasteiger partial charge is 0.306 e.